The van der Waals surface area contributed by atoms with Crippen molar-refractivity contribution in [3.8, 4) is 0 Å². The highest BCUT2D eigenvalue weighted by Crippen LogP contribution is 2.27. The number of imidazole rings is 1. The van der Waals surface area contributed by atoms with E-state index in [0.717, 1.165) is 42.9 Å². The van der Waals surface area contributed by atoms with Gasteiger partial charge in [0.05, 0.1) is 17.1 Å². The van der Waals surface area contributed by atoms with Crippen molar-refractivity contribution in [2.75, 3.05) is 13.2 Å². The van der Waals surface area contributed by atoms with E-state index in [9.17, 15) is 4.79 Å². The molecule has 2 heterocycles. The van der Waals surface area contributed by atoms with Crippen LogP contribution in [0.3, 0.4) is 0 Å². The number of carbonyl (C=O) groups is 1. The van der Waals surface area contributed by atoms with Crippen LogP contribution >= 0.6 is 0 Å². The molecule has 1 saturated heterocycles. The Morgan fingerprint density at radius 1 is 1.40 bits per heavy atom. The summed E-state index contributed by atoms with van der Waals surface area (Å²) < 4.78 is 7.96. The Balaban J connectivity index is 1.48. The quantitative estimate of drug-likeness (QED) is 0.875. The van der Waals surface area contributed by atoms with Crippen LogP contribution in [-0.4, -0.2) is 34.7 Å². The summed E-state index contributed by atoms with van der Waals surface area (Å²) in [6, 6.07) is 8.12. The van der Waals surface area contributed by atoms with E-state index < -0.39 is 0 Å². The molecule has 1 amide bonds. The van der Waals surface area contributed by atoms with Gasteiger partial charge in [-0.2, -0.15) is 0 Å². The van der Waals surface area contributed by atoms with E-state index in [0.29, 0.717) is 30.9 Å². The summed E-state index contributed by atoms with van der Waals surface area (Å²) in [6.45, 7) is 8.55. The highest BCUT2D eigenvalue weighted by Gasteiger charge is 2.26. The molecule has 2 atom stereocenters. The predicted octanol–water partition coefficient (Wildman–Crippen LogP) is 3.30. The maximum absolute atomic E-state index is 12.3. The van der Waals surface area contributed by atoms with E-state index in [1.807, 2.05) is 25.1 Å². The van der Waals surface area contributed by atoms with Gasteiger partial charge in [-0.15, -0.1) is 0 Å². The number of nitrogens with one attached hydrogen (secondary N) is 1. The molecule has 5 nitrogen and oxygen atoms in total. The molecule has 1 aliphatic heterocycles. The number of rotatable bonds is 6. The first kappa shape index (κ1) is 17.9. The Morgan fingerprint density at radius 3 is 3.00 bits per heavy atom. The van der Waals surface area contributed by atoms with Crippen molar-refractivity contribution >= 4 is 16.9 Å². The van der Waals surface area contributed by atoms with Crippen molar-refractivity contribution in [1.29, 1.82) is 0 Å². The number of hydrogen-bond acceptors (Lipinski definition) is 3. The van der Waals surface area contributed by atoms with Crippen LogP contribution in [0, 0.1) is 18.8 Å². The first-order valence-corrected chi connectivity index (χ1v) is 9.34. The van der Waals surface area contributed by atoms with Gasteiger partial charge in [-0.1, -0.05) is 26.0 Å². The standard InChI is InChI=1S/C20H29N3O2/c1-14(2)19-12-16(8-11-25-19)13-20(24)21-9-10-23-15(3)22-17-6-4-5-7-18(17)23/h4-7,14,16,19H,8-13H2,1-3H3,(H,21,24)/t16-,19-/m1/s1. The van der Waals surface area contributed by atoms with Gasteiger partial charge in [-0.3, -0.25) is 4.79 Å². The van der Waals surface area contributed by atoms with Crippen LogP contribution in [0.15, 0.2) is 24.3 Å². The van der Waals surface area contributed by atoms with Crippen molar-refractivity contribution in [2.24, 2.45) is 11.8 Å². The van der Waals surface area contributed by atoms with E-state index in [4.69, 9.17) is 4.74 Å². The minimum atomic E-state index is 0.150. The molecular formula is C20H29N3O2. The monoisotopic (exact) mass is 343 g/mol. The third kappa shape index (κ3) is 4.40. The van der Waals surface area contributed by atoms with E-state index >= 15 is 0 Å². The fourth-order valence-corrected chi connectivity index (χ4v) is 3.67. The summed E-state index contributed by atoms with van der Waals surface area (Å²) >= 11 is 0. The van der Waals surface area contributed by atoms with Crippen molar-refractivity contribution < 1.29 is 9.53 Å². The van der Waals surface area contributed by atoms with E-state index in [1.165, 1.54) is 0 Å². The molecule has 136 valence electrons. The lowest BCUT2D eigenvalue weighted by Crippen LogP contribution is -2.34. The Morgan fingerprint density at radius 2 is 2.20 bits per heavy atom. The summed E-state index contributed by atoms with van der Waals surface area (Å²) in [5.41, 5.74) is 2.13. The molecule has 0 saturated carbocycles. The number of benzene rings is 1. The zero-order chi connectivity index (χ0) is 17.8. The molecule has 0 radical (unpaired) electrons. The molecule has 1 aromatic carbocycles. The summed E-state index contributed by atoms with van der Waals surface area (Å²) in [6.07, 6.45) is 2.89. The van der Waals surface area contributed by atoms with Crippen molar-refractivity contribution in [3.05, 3.63) is 30.1 Å². The second kappa shape index (κ2) is 8.00. The van der Waals surface area contributed by atoms with Gasteiger partial charge >= 0.3 is 0 Å². The van der Waals surface area contributed by atoms with E-state index in [-0.39, 0.29) is 5.91 Å². The number of fused-ring (bicyclic) bond motifs is 1. The average molecular weight is 343 g/mol. The number of hydrogen-bond donors (Lipinski definition) is 1. The highest BCUT2D eigenvalue weighted by molar-refractivity contribution is 5.77. The molecule has 0 aliphatic carbocycles. The second-order valence-electron chi connectivity index (χ2n) is 7.40. The summed E-state index contributed by atoms with van der Waals surface area (Å²) in [5.74, 6) is 2.09. The van der Waals surface area contributed by atoms with Gasteiger partial charge in [0.2, 0.25) is 5.91 Å². The number of aryl methyl sites for hydroxylation is 1. The smallest absolute Gasteiger partial charge is 0.220 e. The maximum atomic E-state index is 12.3. The SMILES string of the molecule is Cc1nc2ccccc2n1CCNC(=O)C[C@@H]1CCO[C@@H](C(C)C)C1. The highest BCUT2D eigenvalue weighted by atomic mass is 16.5. The average Bonchev–Trinajstić information content (AvgIpc) is 2.91. The fourth-order valence-electron chi connectivity index (χ4n) is 3.67. The van der Waals surface area contributed by atoms with Crippen molar-refractivity contribution in [1.82, 2.24) is 14.9 Å². The topological polar surface area (TPSA) is 56.2 Å². The lowest BCUT2D eigenvalue weighted by molar-refractivity contribution is -0.123. The number of ether oxygens (including phenoxy) is 1. The third-order valence-corrected chi connectivity index (χ3v) is 5.14. The second-order valence-corrected chi connectivity index (χ2v) is 7.40. The van der Waals surface area contributed by atoms with Crippen LogP contribution in [0.5, 0.6) is 0 Å². The summed E-state index contributed by atoms with van der Waals surface area (Å²) in [5, 5.41) is 3.08. The zero-order valence-corrected chi connectivity index (χ0v) is 15.5. The Hall–Kier alpha value is -1.88. The molecule has 5 heteroatoms. The van der Waals surface area contributed by atoms with Gasteiger partial charge in [0.25, 0.3) is 0 Å². The lowest BCUT2D eigenvalue weighted by Gasteiger charge is -2.31. The normalized spacial score (nSPS) is 21.0. The first-order valence-electron chi connectivity index (χ1n) is 9.34. The molecule has 1 aromatic heterocycles. The van der Waals surface area contributed by atoms with Gasteiger partial charge in [0, 0.05) is 26.1 Å². The van der Waals surface area contributed by atoms with E-state index in [1.54, 1.807) is 0 Å². The number of amides is 1. The molecule has 0 spiro atoms. The van der Waals surface area contributed by atoms with Crippen LogP contribution in [0.2, 0.25) is 0 Å². The molecule has 3 rings (SSSR count). The lowest BCUT2D eigenvalue weighted by atomic mass is 9.88. The molecule has 0 unspecified atom stereocenters. The molecular weight excluding hydrogens is 314 g/mol. The molecule has 2 aromatic rings. The Kier molecular flexibility index (Phi) is 5.74. The third-order valence-electron chi connectivity index (χ3n) is 5.14. The minimum Gasteiger partial charge on any atom is -0.378 e. The van der Waals surface area contributed by atoms with Gasteiger partial charge in [-0.05, 0) is 43.7 Å². The van der Waals surface area contributed by atoms with Crippen LogP contribution in [-0.2, 0) is 16.1 Å². The number of nitrogens with zero attached hydrogens (tertiary/aromatic N) is 2. The van der Waals surface area contributed by atoms with Crippen LogP contribution < -0.4 is 5.32 Å². The van der Waals surface area contributed by atoms with Gasteiger partial charge in [-0.25, -0.2) is 4.98 Å². The predicted molar refractivity (Wildman–Crippen MR) is 99.4 cm³/mol. The van der Waals surface area contributed by atoms with Crippen molar-refractivity contribution in [2.45, 2.75) is 52.7 Å². The number of para-hydroxylation sites is 2. The number of carbonyl (C=O) groups excluding carboxylic acids is 1. The van der Waals surface area contributed by atoms with Gasteiger partial charge in [0.1, 0.15) is 5.82 Å². The van der Waals surface area contributed by atoms with Crippen LogP contribution in [0.25, 0.3) is 11.0 Å². The van der Waals surface area contributed by atoms with E-state index in [2.05, 4.69) is 34.8 Å². The summed E-state index contributed by atoms with van der Waals surface area (Å²) in [4.78, 5) is 16.9. The largest absolute Gasteiger partial charge is 0.378 e. The Labute approximate surface area is 149 Å². The summed E-state index contributed by atoms with van der Waals surface area (Å²) in [7, 11) is 0. The fraction of sp³-hybridized carbons (Fsp3) is 0.600. The van der Waals surface area contributed by atoms with Crippen LogP contribution in [0.1, 0.15) is 38.9 Å². The first-order chi connectivity index (χ1) is 12.0. The molecule has 1 N–H and O–H groups in total. The van der Waals surface area contributed by atoms with Gasteiger partial charge < -0.3 is 14.6 Å². The molecule has 1 fully saturated rings. The van der Waals surface area contributed by atoms with Crippen molar-refractivity contribution in [3.63, 3.8) is 0 Å². The maximum Gasteiger partial charge on any atom is 0.220 e. The number of aromatic nitrogens is 2. The molecule has 0 bridgehead atoms. The van der Waals surface area contributed by atoms with Gasteiger partial charge in [0.15, 0.2) is 0 Å². The molecule has 25 heavy (non-hydrogen) atoms. The minimum absolute atomic E-state index is 0.150. The van der Waals surface area contributed by atoms with Crippen LogP contribution in [0.4, 0.5) is 0 Å². The Bertz CT molecular complexity index is 723. The molecule has 1 aliphatic rings. The zero-order valence-electron chi connectivity index (χ0n) is 15.5.